The number of amides is 3. The second kappa shape index (κ2) is 13.3. The van der Waals surface area contributed by atoms with Crippen LogP contribution in [0.15, 0.2) is 59.2 Å². The van der Waals surface area contributed by atoms with E-state index in [9.17, 15) is 14.4 Å². The highest BCUT2D eigenvalue weighted by Crippen LogP contribution is 2.32. The number of H-pyrrole nitrogens is 1. The molecule has 4 rings (SSSR count). The molecular formula is C31H38BrN5O4. The Morgan fingerprint density at radius 1 is 1.05 bits per heavy atom. The molecule has 10 heteroatoms. The van der Waals surface area contributed by atoms with Gasteiger partial charge in [0.2, 0.25) is 11.8 Å². The number of carbonyl (C=O) groups is 3. The number of imidazole rings is 1. The molecular weight excluding hydrogens is 586 g/mol. The van der Waals surface area contributed by atoms with E-state index in [1.165, 1.54) is 0 Å². The highest BCUT2D eigenvalue weighted by molar-refractivity contribution is 9.10. The summed E-state index contributed by atoms with van der Waals surface area (Å²) in [5, 5.41) is 6.12. The van der Waals surface area contributed by atoms with Gasteiger partial charge in [0.15, 0.2) is 0 Å². The molecule has 1 aliphatic rings. The molecule has 3 aromatic rings. The van der Waals surface area contributed by atoms with Crippen molar-refractivity contribution in [3.63, 3.8) is 0 Å². The van der Waals surface area contributed by atoms with E-state index in [0.29, 0.717) is 40.6 Å². The van der Waals surface area contributed by atoms with E-state index < -0.39 is 17.6 Å². The third-order valence-corrected chi connectivity index (χ3v) is 7.78. The lowest BCUT2D eigenvalue weighted by molar-refractivity contribution is -0.127. The van der Waals surface area contributed by atoms with E-state index in [1.807, 2.05) is 51.1 Å². The Morgan fingerprint density at radius 3 is 2.32 bits per heavy atom. The molecule has 0 bridgehead atoms. The van der Waals surface area contributed by atoms with Crippen molar-refractivity contribution in [2.45, 2.75) is 64.5 Å². The Hall–Kier alpha value is -3.66. The van der Waals surface area contributed by atoms with E-state index in [2.05, 4.69) is 31.5 Å². The van der Waals surface area contributed by atoms with Gasteiger partial charge in [-0.25, -0.2) is 9.78 Å². The number of halogens is 1. The zero-order chi connectivity index (χ0) is 29.6. The van der Waals surface area contributed by atoms with Crippen molar-refractivity contribution in [1.82, 2.24) is 20.6 Å². The lowest BCUT2D eigenvalue weighted by Gasteiger charge is -2.29. The maximum Gasteiger partial charge on any atom is 0.407 e. The van der Waals surface area contributed by atoms with Gasteiger partial charge in [-0.3, -0.25) is 9.59 Å². The van der Waals surface area contributed by atoms with Crippen LogP contribution in [0.4, 0.5) is 4.79 Å². The molecule has 0 radical (unpaired) electrons. The molecule has 3 amide bonds. The van der Waals surface area contributed by atoms with Gasteiger partial charge < -0.3 is 26.1 Å². The molecule has 1 heterocycles. The van der Waals surface area contributed by atoms with E-state index in [1.54, 1.807) is 24.3 Å². The highest BCUT2D eigenvalue weighted by Gasteiger charge is 2.30. The Balaban J connectivity index is 1.42. The number of aromatic amines is 1. The van der Waals surface area contributed by atoms with Gasteiger partial charge in [0.1, 0.15) is 21.7 Å². The third kappa shape index (κ3) is 8.66. The van der Waals surface area contributed by atoms with Gasteiger partial charge in [-0.05, 0) is 92.4 Å². The molecule has 0 saturated heterocycles. The quantitative estimate of drug-likeness (QED) is 0.243. The molecule has 0 spiro atoms. The summed E-state index contributed by atoms with van der Waals surface area (Å²) in [4.78, 5) is 45.1. The SMILES string of the molecule is CC(C)(C)OC(=O)NCC1CCC(C(=O)NC(Cc2ccccc2)c2nc(-c3ccc(C(N)=O)cc3)c(Br)[nH]2)CC1. The molecule has 1 unspecified atom stereocenters. The van der Waals surface area contributed by atoms with Crippen molar-refractivity contribution in [1.29, 1.82) is 0 Å². The molecule has 218 valence electrons. The summed E-state index contributed by atoms with van der Waals surface area (Å²) in [5.74, 6) is 0.362. The van der Waals surface area contributed by atoms with Crippen LogP contribution in [0.25, 0.3) is 11.3 Å². The number of aromatic nitrogens is 2. The van der Waals surface area contributed by atoms with Crippen LogP contribution in [0.1, 0.15) is 74.2 Å². The molecule has 41 heavy (non-hydrogen) atoms. The van der Waals surface area contributed by atoms with Crippen molar-refractivity contribution < 1.29 is 19.1 Å². The molecule has 1 aliphatic carbocycles. The number of benzene rings is 2. The number of rotatable bonds is 9. The summed E-state index contributed by atoms with van der Waals surface area (Å²) in [6.45, 7) is 6.06. The van der Waals surface area contributed by atoms with E-state index in [0.717, 1.165) is 36.8 Å². The highest BCUT2D eigenvalue weighted by atomic mass is 79.9. The Labute approximate surface area is 249 Å². The van der Waals surface area contributed by atoms with Crippen LogP contribution in [0, 0.1) is 11.8 Å². The van der Waals surface area contributed by atoms with E-state index in [-0.39, 0.29) is 17.9 Å². The number of nitrogens with two attached hydrogens (primary N) is 1. The van der Waals surface area contributed by atoms with Gasteiger partial charge in [0.25, 0.3) is 0 Å². The summed E-state index contributed by atoms with van der Waals surface area (Å²) in [5.41, 5.74) is 7.84. The first-order chi connectivity index (χ1) is 19.5. The largest absolute Gasteiger partial charge is 0.444 e. The zero-order valence-corrected chi connectivity index (χ0v) is 25.3. The van der Waals surface area contributed by atoms with Gasteiger partial charge in [0.05, 0.1) is 6.04 Å². The second-order valence-corrected chi connectivity index (χ2v) is 12.4. The average Bonchev–Trinajstić information content (AvgIpc) is 3.33. The fourth-order valence-electron chi connectivity index (χ4n) is 5.04. The summed E-state index contributed by atoms with van der Waals surface area (Å²) >= 11 is 3.58. The third-order valence-electron chi connectivity index (χ3n) is 7.20. The van der Waals surface area contributed by atoms with Crippen LogP contribution >= 0.6 is 15.9 Å². The van der Waals surface area contributed by atoms with Crippen LogP contribution in [-0.4, -0.2) is 40.0 Å². The van der Waals surface area contributed by atoms with Gasteiger partial charge in [0, 0.05) is 23.6 Å². The smallest absolute Gasteiger partial charge is 0.407 e. The molecule has 1 fully saturated rings. The number of hydrogen-bond donors (Lipinski definition) is 4. The minimum Gasteiger partial charge on any atom is -0.444 e. The molecule has 1 saturated carbocycles. The predicted molar refractivity (Wildman–Crippen MR) is 161 cm³/mol. The fourth-order valence-corrected chi connectivity index (χ4v) is 5.56. The molecule has 0 aliphatic heterocycles. The lowest BCUT2D eigenvalue weighted by atomic mass is 9.81. The number of hydrogen-bond acceptors (Lipinski definition) is 5. The number of primary amides is 1. The van der Waals surface area contributed by atoms with Crippen LogP contribution in [-0.2, 0) is 16.0 Å². The summed E-state index contributed by atoms with van der Waals surface area (Å²) in [6, 6.07) is 16.5. The van der Waals surface area contributed by atoms with Gasteiger partial charge >= 0.3 is 6.09 Å². The molecule has 1 atom stereocenters. The summed E-state index contributed by atoms with van der Waals surface area (Å²) in [7, 11) is 0. The Kier molecular flexibility index (Phi) is 9.86. The topological polar surface area (TPSA) is 139 Å². The Bertz CT molecular complexity index is 1340. The standard InChI is InChI=1S/C31H38BrN5O4/c1-31(2,3)41-30(40)34-18-20-9-11-23(12-10-20)29(39)35-24(17-19-7-5-4-6-8-19)28-36-25(26(32)37-28)21-13-15-22(16-14-21)27(33)38/h4-8,13-16,20,23-24H,9-12,17-18H2,1-3H3,(H2,33,38)(H,34,40)(H,35,39)(H,36,37). The number of ether oxygens (including phenoxy) is 1. The fraction of sp³-hybridized carbons (Fsp3) is 0.419. The van der Waals surface area contributed by atoms with Crippen LogP contribution in [0.3, 0.4) is 0 Å². The molecule has 1 aromatic heterocycles. The first-order valence-corrected chi connectivity index (χ1v) is 14.7. The number of nitrogens with one attached hydrogen (secondary N) is 3. The molecule has 5 N–H and O–H groups in total. The monoisotopic (exact) mass is 623 g/mol. The van der Waals surface area contributed by atoms with Crippen LogP contribution in [0.5, 0.6) is 0 Å². The maximum atomic E-state index is 13.5. The van der Waals surface area contributed by atoms with Gasteiger partial charge in [-0.2, -0.15) is 0 Å². The van der Waals surface area contributed by atoms with Crippen molar-refractivity contribution >= 4 is 33.8 Å². The molecule has 2 aromatic carbocycles. The number of alkyl carbamates (subject to hydrolysis) is 1. The minimum absolute atomic E-state index is 0.00404. The maximum absolute atomic E-state index is 13.5. The van der Waals surface area contributed by atoms with Crippen molar-refractivity contribution in [2.24, 2.45) is 17.6 Å². The van der Waals surface area contributed by atoms with E-state index >= 15 is 0 Å². The predicted octanol–water partition coefficient (Wildman–Crippen LogP) is 5.67. The minimum atomic E-state index is -0.532. The normalized spacial score (nSPS) is 17.9. The van der Waals surface area contributed by atoms with E-state index in [4.69, 9.17) is 15.5 Å². The average molecular weight is 625 g/mol. The van der Waals surface area contributed by atoms with Crippen molar-refractivity contribution in [3.8, 4) is 11.3 Å². The first kappa shape index (κ1) is 30.3. The second-order valence-electron chi connectivity index (χ2n) is 11.6. The first-order valence-electron chi connectivity index (χ1n) is 14.0. The summed E-state index contributed by atoms with van der Waals surface area (Å²) < 4.78 is 6.02. The van der Waals surface area contributed by atoms with Crippen molar-refractivity contribution in [2.75, 3.05) is 6.54 Å². The molecule has 9 nitrogen and oxygen atoms in total. The van der Waals surface area contributed by atoms with Crippen molar-refractivity contribution in [3.05, 3.63) is 76.2 Å². The zero-order valence-electron chi connectivity index (χ0n) is 23.7. The number of carbonyl (C=O) groups excluding carboxylic acids is 3. The number of nitrogens with zero attached hydrogens (tertiary/aromatic N) is 1. The van der Waals surface area contributed by atoms with Crippen LogP contribution < -0.4 is 16.4 Å². The lowest BCUT2D eigenvalue weighted by Crippen LogP contribution is -2.39. The van der Waals surface area contributed by atoms with Gasteiger partial charge in [-0.1, -0.05) is 42.5 Å². The van der Waals surface area contributed by atoms with Gasteiger partial charge in [-0.15, -0.1) is 0 Å². The van der Waals surface area contributed by atoms with Crippen LogP contribution in [0.2, 0.25) is 0 Å². The Morgan fingerprint density at radius 2 is 1.71 bits per heavy atom. The summed E-state index contributed by atoms with van der Waals surface area (Å²) in [6.07, 6.45) is 3.38.